The van der Waals surface area contributed by atoms with Crippen LogP contribution in [-0.2, 0) is 0 Å². The third-order valence-corrected chi connectivity index (χ3v) is 12.9. The zero-order chi connectivity index (χ0) is 24.5. The largest absolute Gasteiger partial charge is 0.472 e. The fourth-order valence-electron chi connectivity index (χ4n) is 9.05. The molecule has 0 aliphatic carbocycles. The zero-order valence-electron chi connectivity index (χ0n) is 21.9. The van der Waals surface area contributed by atoms with Gasteiger partial charge in [-0.25, -0.2) is 0 Å². The van der Waals surface area contributed by atoms with E-state index in [2.05, 4.69) is 47.5 Å². The number of nitrogens with zero attached hydrogens (tertiary/aromatic N) is 2. The first-order chi connectivity index (χ1) is 17.5. The van der Waals surface area contributed by atoms with E-state index in [4.69, 9.17) is 8.83 Å². The van der Waals surface area contributed by atoms with Gasteiger partial charge >= 0.3 is 0 Å². The zero-order valence-corrected chi connectivity index (χ0v) is 22.7. The predicted molar refractivity (Wildman–Crippen MR) is 143 cm³/mol. The van der Waals surface area contributed by atoms with Crippen molar-refractivity contribution in [2.24, 2.45) is 17.3 Å². The first-order valence-corrected chi connectivity index (χ1v) is 15.4. The third-order valence-electron chi connectivity index (χ3n) is 11.0. The molecular weight excluding hydrogens is 468 g/mol. The summed E-state index contributed by atoms with van der Waals surface area (Å²) < 4.78 is 11.0. The van der Waals surface area contributed by atoms with E-state index in [1.807, 2.05) is 18.8 Å². The molecule has 5 aliphatic rings. The van der Waals surface area contributed by atoms with Crippen molar-refractivity contribution in [1.82, 2.24) is 9.80 Å². The van der Waals surface area contributed by atoms with Crippen molar-refractivity contribution in [3.05, 3.63) is 48.3 Å². The van der Waals surface area contributed by atoms with Crippen LogP contribution < -0.4 is 0 Å². The lowest BCUT2D eigenvalue weighted by Gasteiger charge is -2.57. The average Bonchev–Trinajstić information content (AvgIpc) is 3.65. The molecule has 0 aromatic carbocycles. The number of rotatable bonds is 2. The van der Waals surface area contributed by atoms with Gasteiger partial charge in [0.2, 0.25) is 0 Å². The van der Waals surface area contributed by atoms with Crippen molar-refractivity contribution in [3.8, 4) is 0 Å². The minimum Gasteiger partial charge on any atom is -0.472 e. The SMILES string of the molecule is C[C@H]1CC[C@@H](c2ccoc2)N2C[C@@]3(CC[C@H]12)CS[C@]1(CC[C@@H]2[C@@H](C)CC[C@H](c4ccoc4)N2[C@@H]1O)C3. The highest BCUT2D eigenvalue weighted by Gasteiger charge is 2.60. The lowest BCUT2D eigenvalue weighted by Crippen LogP contribution is -2.63. The first kappa shape index (κ1) is 23.9. The minimum absolute atomic E-state index is 0.0467. The van der Waals surface area contributed by atoms with E-state index in [0.29, 0.717) is 29.5 Å². The Morgan fingerprint density at radius 2 is 1.53 bits per heavy atom. The Morgan fingerprint density at radius 3 is 2.25 bits per heavy atom. The fraction of sp³-hybridized carbons (Fsp3) is 0.733. The maximum absolute atomic E-state index is 12.2. The minimum atomic E-state index is -0.383. The summed E-state index contributed by atoms with van der Waals surface area (Å²) in [6.45, 7) is 6.03. The summed E-state index contributed by atoms with van der Waals surface area (Å²) in [5, 5.41) is 12.2. The van der Waals surface area contributed by atoms with Gasteiger partial charge in [-0.15, -0.1) is 0 Å². The number of aliphatic hydroxyl groups is 1. The van der Waals surface area contributed by atoms with Crippen LogP contribution in [0.5, 0.6) is 0 Å². The van der Waals surface area contributed by atoms with Crippen LogP contribution in [0.3, 0.4) is 0 Å². The summed E-state index contributed by atoms with van der Waals surface area (Å²) in [6, 6.07) is 6.21. The fourth-order valence-corrected chi connectivity index (χ4v) is 10.9. The molecule has 0 radical (unpaired) electrons. The van der Waals surface area contributed by atoms with Gasteiger partial charge in [0.1, 0.15) is 6.23 Å². The van der Waals surface area contributed by atoms with Gasteiger partial charge in [-0.2, -0.15) is 11.8 Å². The highest BCUT2D eigenvalue weighted by Crippen LogP contribution is 2.62. The maximum Gasteiger partial charge on any atom is 0.122 e. The highest BCUT2D eigenvalue weighted by molar-refractivity contribution is 8.01. The van der Waals surface area contributed by atoms with Gasteiger partial charge in [0.25, 0.3) is 0 Å². The topological polar surface area (TPSA) is 53.0 Å². The molecule has 5 saturated heterocycles. The molecule has 7 rings (SSSR count). The van der Waals surface area contributed by atoms with Crippen molar-refractivity contribution in [2.45, 2.75) is 107 Å². The Bertz CT molecular complexity index is 1040. The van der Waals surface area contributed by atoms with Crippen molar-refractivity contribution < 1.29 is 13.9 Å². The molecule has 9 atom stereocenters. The Kier molecular flexibility index (Phi) is 5.92. The molecule has 2 spiro atoms. The maximum atomic E-state index is 12.2. The van der Waals surface area contributed by atoms with Gasteiger partial charge in [0.15, 0.2) is 0 Å². The third kappa shape index (κ3) is 3.69. The van der Waals surface area contributed by atoms with E-state index in [0.717, 1.165) is 25.2 Å². The van der Waals surface area contributed by atoms with E-state index >= 15 is 0 Å². The predicted octanol–water partition coefficient (Wildman–Crippen LogP) is 6.62. The molecule has 2 aromatic rings. The Hall–Kier alpha value is -1.21. The summed E-state index contributed by atoms with van der Waals surface area (Å²) in [5.74, 6) is 2.59. The number of hydrogen-bond donors (Lipinski definition) is 1. The number of aliphatic hydroxyl groups excluding tert-OH is 1. The summed E-state index contributed by atoms with van der Waals surface area (Å²) in [6.07, 6.45) is 18.1. The van der Waals surface area contributed by atoms with Crippen LogP contribution >= 0.6 is 11.8 Å². The van der Waals surface area contributed by atoms with Gasteiger partial charge in [-0.1, -0.05) is 13.8 Å². The molecule has 5 fully saturated rings. The lowest BCUT2D eigenvalue weighted by molar-refractivity contribution is -0.142. The second-order valence-corrected chi connectivity index (χ2v) is 14.4. The standard InChI is InChI=1S/C30H42N2O3S/c1-20-3-5-26(22-9-13-34-15-22)31-18-29(11-7-24(20)31)17-30(36-19-29)12-8-25-21(2)4-6-27(32(25)28(30)33)23-10-14-35-16-23/h9-10,13-16,20-21,24-28,33H,3-8,11-12,17-19H2,1-2H3/t20-,21-,24+,25+,26-,27+,28+,29-,30+/m0/s1. The summed E-state index contributed by atoms with van der Waals surface area (Å²) in [4.78, 5) is 5.38. The number of hydrogen-bond acceptors (Lipinski definition) is 6. The average molecular weight is 511 g/mol. The molecule has 0 amide bonds. The summed E-state index contributed by atoms with van der Waals surface area (Å²) in [7, 11) is 0. The second kappa shape index (κ2) is 8.93. The van der Waals surface area contributed by atoms with Crippen LogP contribution in [0.2, 0.25) is 0 Å². The number of furan rings is 2. The smallest absolute Gasteiger partial charge is 0.122 e. The van der Waals surface area contributed by atoms with Crippen LogP contribution in [0.4, 0.5) is 0 Å². The van der Waals surface area contributed by atoms with Crippen molar-refractivity contribution in [3.63, 3.8) is 0 Å². The Morgan fingerprint density at radius 1 is 0.861 bits per heavy atom. The van der Waals surface area contributed by atoms with Gasteiger partial charge < -0.3 is 13.9 Å². The Labute approximate surface area is 220 Å². The van der Waals surface area contributed by atoms with E-state index in [-0.39, 0.29) is 17.0 Å². The number of piperidine rings is 4. The molecule has 36 heavy (non-hydrogen) atoms. The second-order valence-electron chi connectivity index (χ2n) is 13.0. The van der Waals surface area contributed by atoms with Gasteiger partial charge in [-0.3, -0.25) is 9.80 Å². The van der Waals surface area contributed by atoms with Crippen LogP contribution in [0, 0.1) is 17.3 Å². The summed E-state index contributed by atoms with van der Waals surface area (Å²) >= 11 is 2.11. The van der Waals surface area contributed by atoms with Crippen LogP contribution in [0.15, 0.2) is 46.0 Å². The molecule has 0 saturated carbocycles. The number of fused-ring (bicyclic) bond motifs is 2. The molecular formula is C30H42N2O3S. The van der Waals surface area contributed by atoms with Crippen molar-refractivity contribution in [1.29, 1.82) is 0 Å². The van der Waals surface area contributed by atoms with Crippen LogP contribution in [0.1, 0.15) is 94.8 Å². The van der Waals surface area contributed by atoms with E-state index in [9.17, 15) is 5.11 Å². The molecule has 1 N–H and O–H groups in total. The van der Waals surface area contributed by atoms with E-state index in [1.165, 1.54) is 61.9 Å². The number of thioether (sulfide) groups is 1. The monoisotopic (exact) mass is 510 g/mol. The van der Waals surface area contributed by atoms with Gasteiger partial charge in [0, 0.05) is 47.6 Å². The van der Waals surface area contributed by atoms with E-state index < -0.39 is 0 Å². The van der Waals surface area contributed by atoms with Gasteiger partial charge in [-0.05, 0) is 87.2 Å². The van der Waals surface area contributed by atoms with Crippen LogP contribution in [0.25, 0.3) is 0 Å². The molecule has 5 nitrogen and oxygen atoms in total. The normalized spacial score (nSPS) is 45.7. The molecule has 0 unspecified atom stereocenters. The van der Waals surface area contributed by atoms with Crippen molar-refractivity contribution >= 4 is 11.8 Å². The quantitative estimate of drug-likeness (QED) is 0.490. The van der Waals surface area contributed by atoms with Crippen LogP contribution in [-0.4, -0.2) is 50.3 Å². The van der Waals surface area contributed by atoms with Crippen molar-refractivity contribution in [2.75, 3.05) is 12.3 Å². The highest BCUT2D eigenvalue weighted by atomic mass is 32.2. The molecule has 0 bridgehead atoms. The van der Waals surface area contributed by atoms with E-state index in [1.54, 1.807) is 6.26 Å². The lowest BCUT2D eigenvalue weighted by atomic mass is 9.67. The molecule has 7 heterocycles. The molecule has 196 valence electrons. The molecule has 6 heteroatoms. The summed E-state index contributed by atoms with van der Waals surface area (Å²) in [5.41, 5.74) is 2.90. The Balaban J connectivity index is 1.16. The van der Waals surface area contributed by atoms with Gasteiger partial charge in [0.05, 0.1) is 29.8 Å². The molecule has 2 aromatic heterocycles. The molecule has 5 aliphatic heterocycles. The first-order valence-electron chi connectivity index (χ1n) is 14.4.